The van der Waals surface area contributed by atoms with Crippen LogP contribution in [0, 0.1) is 11.8 Å². The summed E-state index contributed by atoms with van der Waals surface area (Å²) in [5, 5.41) is 9.85. The van der Waals surface area contributed by atoms with Crippen LogP contribution < -0.4 is 0 Å². The largest absolute Gasteiger partial charge is 0.286 e. The zero-order valence-electron chi connectivity index (χ0n) is 9.08. The first-order chi connectivity index (χ1) is 5.95. The van der Waals surface area contributed by atoms with E-state index in [4.69, 9.17) is 5.21 Å². The third kappa shape index (κ3) is 5.64. The number of hydroxylamine groups is 2. The number of carbonyl (C=O) groups is 1. The Morgan fingerprint density at radius 3 is 2.31 bits per heavy atom. The number of amides is 1. The second-order valence-electron chi connectivity index (χ2n) is 4.01. The molecule has 3 heteroatoms. The van der Waals surface area contributed by atoms with Crippen LogP contribution in [0.1, 0.15) is 40.5 Å². The van der Waals surface area contributed by atoms with E-state index in [0.29, 0.717) is 18.4 Å². The Kier molecular flexibility index (Phi) is 5.71. The number of nitrogens with zero attached hydrogens (tertiary/aromatic N) is 1. The first kappa shape index (κ1) is 12.4. The highest BCUT2D eigenvalue weighted by molar-refractivity contribution is 5.71. The van der Waals surface area contributed by atoms with Gasteiger partial charge in [-0.15, -0.1) is 0 Å². The lowest BCUT2D eigenvalue weighted by Crippen LogP contribution is -2.26. The summed E-state index contributed by atoms with van der Waals surface area (Å²) in [5.41, 5.74) is 0. The van der Waals surface area contributed by atoms with Gasteiger partial charge in [-0.1, -0.05) is 20.8 Å². The van der Waals surface area contributed by atoms with Crippen LogP contribution in [0.4, 0.5) is 0 Å². The summed E-state index contributed by atoms with van der Waals surface area (Å²) in [5.74, 6) is 1.04. The van der Waals surface area contributed by atoms with Crippen molar-refractivity contribution in [1.82, 2.24) is 5.06 Å². The van der Waals surface area contributed by atoms with Crippen molar-refractivity contribution in [1.29, 1.82) is 0 Å². The van der Waals surface area contributed by atoms with Gasteiger partial charge in [0.25, 0.3) is 0 Å². The minimum atomic E-state index is -0.280. The van der Waals surface area contributed by atoms with Gasteiger partial charge in [0.15, 0.2) is 0 Å². The molecule has 0 aliphatic rings. The molecule has 0 aliphatic heterocycles. The standard InChI is InChI=1S/C10H21NO2/c1-8(2)9(3)6-5-7-11(13)10(4)12/h8-9,13H,5-7H2,1-4H3. The van der Waals surface area contributed by atoms with Crippen LogP contribution in [0.2, 0.25) is 0 Å². The predicted octanol–water partition coefficient (Wildman–Crippen LogP) is 2.30. The van der Waals surface area contributed by atoms with Crippen molar-refractivity contribution < 1.29 is 10.0 Å². The highest BCUT2D eigenvalue weighted by atomic mass is 16.5. The van der Waals surface area contributed by atoms with E-state index in [9.17, 15) is 4.79 Å². The van der Waals surface area contributed by atoms with E-state index < -0.39 is 0 Å². The lowest BCUT2D eigenvalue weighted by atomic mass is 9.93. The van der Waals surface area contributed by atoms with Gasteiger partial charge >= 0.3 is 0 Å². The fourth-order valence-corrected chi connectivity index (χ4v) is 1.05. The molecule has 0 saturated heterocycles. The summed E-state index contributed by atoms with van der Waals surface area (Å²) in [4.78, 5) is 10.6. The molecule has 1 unspecified atom stereocenters. The van der Waals surface area contributed by atoms with Crippen molar-refractivity contribution in [3.05, 3.63) is 0 Å². The van der Waals surface area contributed by atoms with Crippen LogP contribution >= 0.6 is 0 Å². The average molecular weight is 187 g/mol. The van der Waals surface area contributed by atoms with E-state index in [0.717, 1.165) is 17.9 Å². The maximum atomic E-state index is 10.6. The van der Waals surface area contributed by atoms with Crippen molar-refractivity contribution in [3.63, 3.8) is 0 Å². The van der Waals surface area contributed by atoms with Crippen molar-refractivity contribution in [3.8, 4) is 0 Å². The zero-order valence-corrected chi connectivity index (χ0v) is 9.08. The summed E-state index contributed by atoms with van der Waals surface area (Å²) in [6.45, 7) is 8.39. The molecule has 1 N–H and O–H groups in total. The van der Waals surface area contributed by atoms with Crippen LogP contribution in [0.25, 0.3) is 0 Å². The molecular formula is C10H21NO2. The molecule has 78 valence electrons. The van der Waals surface area contributed by atoms with Gasteiger partial charge in [0.2, 0.25) is 5.91 Å². The van der Waals surface area contributed by atoms with Crippen molar-refractivity contribution in [2.75, 3.05) is 6.54 Å². The van der Waals surface area contributed by atoms with E-state index in [1.807, 2.05) is 0 Å². The number of hydrogen-bond acceptors (Lipinski definition) is 2. The molecule has 1 amide bonds. The first-order valence-corrected chi connectivity index (χ1v) is 4.92. The number of hydrogen-bond donors (Lipinski definition) is 1. The van der Waals surface area contributed by atoms with Crippen molar-refractivity contribution >= 4 is 5.91 Å². The van der Waals surface area contributed by atoms with Crippen LogP contribution in [0.15, 0.2) is 0 Å². The summed E-state index contributed by atoms with van der Waals surface area (Å²) in [6, 6.07) is 0. The predicted molar refractivity (Wildman–Crippen MR) is 52.4 cm³/mol. The Hall–Kier alpha value is -0.570. The van der Waals surface area contributed by atoms with Crippen molar-refractivity contribution in [2.45, 2.75) is 40.5 Å². The fourth-order valence-electron chi connectivity index (χ4n) is 1.05. The molecule has 3 nitrogen and oxygen atoms in total. The second-order valence-corrected chi connectivity index (χ2v) is 4.01. The molecule has 0 aromatic rings. The van der Waals surface area contributed by atoms with Gasteiger partial charge in [-0.05, 0) is 24.7 Å². The minimum Gasteiger partial charge on any atom is -0.286 e. The van der Waals surface area contributed by atoms with Crippen LogP contribution in [0.5, 0.6) is 0 Å². The third-order valence-corrected chi connectivity index (χ3v) is 2.53. The Bertz CT molecular complexity index is 157. The normalized spacial score (nSPS) is 13.1. The molecule has 0 aliphatic carbocycles. The summed E-state index contributed by atoms with van der Waals surface area (Å²) in [6.07, 6.45) is 1.93. The molecule has 0 rings (SSSR count). The first-order valence-electron chi connectivity index (χ1n) is 4.92. The molecule has 0 aromatic carbocycles. The van der Waals surface area contributed by atoms with Gasteiger partial charge in [0.1, 0.15) is 0 Å². The summed E-state index contributed by atoms with van der Waals surface area (Å²) >= 11 is 0. The molecular weight excluding hydrogens is 166 g/mol. The van der Waals surface area contributed by atoms with Gasteiger partial charge < -0.3 is 0 Å². The Morgan fingerprint density at radius 2 is 1.92 bits per heavy atom. The quantitative estimate of drug-likeness (QED) is 0.530. The van der Waals surface area contributed by atoms with Gasteiger partial charge in [-0.3, -0.25) is 10.0 Å². The van der Waals surface area contributed by atoms with Gasteiger partial charge in [0, 0.05) is 13.5 Å². The maximum absolute atomic E-state index is 10.6. The topological polar surface area (TPSA) is 40.5 Å². The fraction of sp³-hybridized carbons (Fsp3) is 0.900. The molecule has 0 heterocycles. The highest BCUT2D eigenvalue weighted by Gasteiger charge is 2.08. The summed E-state index contributed by atoms with van der Waals surface area (Å²) < 4.78 is 0. The van der Waals surface area contributed by atoms with Gasteiger partial charge in [0.05, 0.1) is 0 Å². The van der Waals surface area contributed by atoms with Crippen LogP contribution in [-0.4, -0.2) is 22.7 Å². The van der Waals surface area contributed by atoms with E-state index in [1.165, 1.54) is 6.92 Å². The lowest BCUT2D eigenvalue weighted by molar-refractivity contribution is -0.162. The molecule has 0 aromatic heterocycles. The van der Waals surface area contributed by atoms with Crippen molar-refractivity contribution in [2.24, 2.45) is 11.8 Å². The van der Waals surface area contributed by atoms with E-state index in [2.05, 4.69) is 20.8 Å². The molecule has 0 radical (unpaired) electrons. The third-order valence-electron chi connectivity index (χ3n) is 2.53. The number of rotatable bonds is 5. The maximum Gasteiger partial charge on any atom is 0.242 e. The highest BCUT2D eigenvalue weighted by Crippen LogP contribution is 2.15. The Balaban J connectivity index is 3.50. The minimum absolute atomic E-state index is 0.280. The summed E-state index contributed by atoms with van der Waals surface area (Å²) in [7, 11) is 0. The van der Waals surface area contributed by atoms with E-state index >= 15 is 0 Å². The van der Waals surface area contributed by atoms with E-state index in [-0.39, 0.29) is 5.91 Å². The Labute approximate surface area is 80.7 Å². The van der Waals surface area contributed by atoms with Crippen LogP contribution in [-0.2, 0) is 4.79 Å². The smallest absolute Gasteiger partial charge is 0.242 e. The van der Waals surface area contributed by atoms with Gasteiger partial charge in [-0.2, -0.15) is 0 Å². The molecule has 1 atom stereocenters. The second kappa shape index (κ2) is 5.97. The monoisotopic (exact) mass is 187 g/mol. The van der Waals surface area contributed by atoms with Gasteiger partial charge in [-0.25, -0.2) is 5.06 Å². The van der Waals surface area contributed by atoms with Crippen LogP contribution in [0.3, 0.4) is 0 Å². The number of carbonyl (C=O) groups excluding carboxylic acids is 1. The molecule has 0 saturated carbocycles. The molecule has 13 heavy (non-hydrogen) atoms. The SMILES string of the molecule is CC(=O)N(O)CCCC(C)C(C)C. The van der Waals surface area contributed by atoms with E-state index in [1.54, 1.807) is 0 Å². The zero-order chi connectivity index (χ0) is 10.4. The molecule has 0 fully saturated rings. The average Bonchev–Trinajstić information content (AvgIpc) is 2.03. The Morgan fingerprint density at radius 1 is 1.38 bits per heavy atom. The lowest BCUT2D eigenvalue weighted by Gasteiger charge is -2.17. The molecule has 0 spiro atoms. The molecule has 0 bridgehead atoms.